The number of hydrogen-bond donors (Lipinski definition) is 2. The number of nitrogens with two attached hydrogens (primary N) is 1. The maximum absolute atomic E-state index is 12.6. The standard InChI is InChI=1S/C42H82NO7P/c1-3-5-7-9-11-13-15-17-18-19-20-21-22-23-25-27-29-31-33-35-42(44)50-41(40-49-51(45,46)48-38-36-43)39-47-37-34-32-30-28-26-24-16-14-12-10-8-6-4-2/h12,14,17-18,41H,3-11,13,15-16,19-40,43H2,1-2H3,(H,45,46)/b14-12-,18-17-. The van der Waals surface area contributed by atoms with Crippen molar-refractivity contribution in [1.29, 1.82) is 0 Å². The summed E-state index contributed by atoms with van der Waals surface area (Å²) in [5.74, 6) is -0.334. The van der Waals surface area contributed by atoms with Crippen LogP contribution in [-0.2, 0) is 27.9 Å². The largest absolute Gasteiger partial charge is 0.472 e. The van der Waals surface area contributed by atoms with E-state index < -0.39 is 13.9 Å². The van der Waals surface area contributed by atoms with E-state index in [4.69, 9.17) is 24.3 Å². The van der Waals surface area contributed by atoms with Gasteiger partial charge in [-0.05, 0) is 64.2 Å². The van der Waals surface area contributed by atoms with E-state index in [2.05, 4.69) is 38.2 Å². The van der Waals surface area contributed by atoms with Crippen molar-refractivity contribution >= 4 is 13.8 Å². The van der Waals surface area contributed by atoms with E-state index in [-0.39, 0.29) is 32.3 Å². The molecule has 51 heavy (non-hydrogen) atoms. The second-order valence-electron chi connectivity index (χ2n) is 14.2. The van der Waals surface area contributed by atoms with Crippen molar-refractivity contribution in [3.63, 3.8) is 0 Å². The van der Waals surface area contributed by atoms with Crippen molar-refractivity contribution in [2.45, 2.75) is 206 Å². The van der Waals surface area contributed by atoms with Crippen LogP contribution in [0.15, 0.2) is 24.3 Å². The average molecular weight is 744 g/mol. The van der Waals surface area contributed by atoms with Gasteiger partial charge in [-0.2, -0.15) is 0 Å². The zero-order valence-corrected chi connectivity index (χ0v) is 34.2. The normalized spacial score (nSPS) is 13.7. The minimum absolute atomic E-state index is 0.0958. The number of allylic oxidation sites excluding steroid dienone is 4. The third-order valence-electron chi connectivity index (χ3n) is 9.09. The van der Waals surface area contributed by atoms with Gasteiger partial charge >= 0.3 is 13.8 Å². The van der Waals surface area contributed by atoms with Gasteiger partial charge in [0.1, 0.15) is 6.10 Å². The molecule has 0 amide bonds. The second-order valence-corrected chi connectivity index (χ2v) is 15.7. The molecule has 0 aliphatic carbocycles. The van der Waals surface area contributed by atoms with Crippen LogP contribution in [0.4, 0.5) is 0 Å². The highest BCUT2D eigenvalue weighted by Crippen LogP contribution is 2.43. The number of carbonyl (C=O) groups excluding carboxylic acids is 1. The number of hydrogen-bond acceptors (Lipinski definition) is 7. The zero-order valence-electron chi connectivity index (χ0n) is 33.3. The van der Waals surface area contributed by atoms with Gasteiger partial charge in [-0.25, -0.2) is 4.57 Å². The summed E-state index contributed by atoms with van der Waals surface area (Å²) in [5.41, 5.74) is 5.36. The van der Waals surface area contributed by atoms with Gasteiger partial charge in [-0.1, -0.05) is 154 Å². The Morgan fingerprint density at radius 3 is 1.47 bits per heavy atom. The van der Waals surface area contributed by atoms with E-state index in [0.717, 1.165) is 32.1 Å². The van der Waals surface area contributed by atoms with Crippen molar-refractivity contribution in [3.05, 3.63) is 24.3 Å². The molecule has 0 rings (SSSR count). The molecule has 0 radical (unpaired) electrons. The Balaban J connectivity index is 4.01. The van der Waals surface area contributed by atoms with Crippen LogP contribution in [0.3, 0.4) is 0 Å². The summed E-state index contributed by atoms with van der Waals surface area (Å²) in [7, 11) is -4.27. The van der Waals surface area contributed by atoms with Crippen LogP contribution in [0.2, 0.25) is 0 Å². The highest BCUT2D eigenvalue weighted by Gasteiger charge is 2.25. The van der Waals surface area contributed by atoms with Gasteiger partial charge in [0.05, 0.1) is 19.8 Å². The highest BCUT2D eigenvalue weighted by molar-refractivity contribution is 7.47. The SMILES string of the molecule is CCCCC/C=C\CCCCCCCCOCC(COP(=O)(O)OCCN)OC(=O)CCCCCCCCCCC/C=C\CCCCCCCC. The Hall–Kier alpha value is -1.02. The Morgan fingerprint density at radius 2 is 0.980 bits per heavy atom. The first-order chi connectivity index (χ1) is 24.9. The van der Waals surface area contributed by atoms with Crippen molar-refractivity contribution in [3.8, 4) is 0 Å². The summed E-state index contributed by atoms with van der Waals surface area (Å²) in [4.78, 5) is 22.4. The number of phosphoric ester groups is 1. The number of ether oxygens (including phenoxy) is 2. The molecule has 0 aromatic rings. The van der Waals surface area contributed by atoms with E-state index in [0.29, 0.717) is 13.0 Å². The van der Waals surface area contributed by atoms with Crippen LogP contribution in [0.1, 0.15) is 200 Å². The Kier molecular flexibility index (Phi) is 39.4. The van der Waals surface area contributed by atoms with Crippen LogP contribution in [0.25, 0.3) is 0 Å². The zero-order chi connectivity index (χ0) is 37.4. The number of esters is 1. The first-order valence-corrected chi connectivity index (χ1v) is 22.8. The molecule has 0 saturated carbocycles. The number of rotatable bonds is 41. The minimum atomic E-state index is -4.27. The number of unbranched alkanes of at least 4 members (excludes halogenated alkanes) is 24. The van der Waals surface area contributed by atoms with Crippen molar-refractivity contribution < 1.29 is 32.8 Å². The molecule has 0 fully saturated rings. The summed E-state index contributed by atoms with van der Waals surface area (Å²) >= 11 is 0. The maximum atomic E-state index is 12.6. The highest BCUT2D eigenvalue weighted by atomic mass is 31.2. The minimum Gasteiger partial charge on any atom is -0.457 e. The fraction of sp³-hybridized carbons (Fsp3) is 0.881. The number of carbonyl (C=O) groups is 1. The van der Waals surface area contributed by atoms with Crippen LogP contribution in [0, 0.1) is 0 Å². The van der Waals surface area contributed by atoms with Crippen LogP contribution >= 0.6 is 7.82 Å². The Bertz CT molecular complexity index is 838. The summed E-state index contributed by atoms with van der Waals surface area (Å²) in [6.07, 6.45) is 43.3. The quantitative estimate of drug-likeness (QED) is 0.0275. The number of phosphoric acid groups is 1. The topological polar surface area (TPSA) is 117 Å². The van der Waals surface area contributed by atoms with Crippen molar-refractivity contribution in [2.24, 2.45) is 5.73 Å². The van der Waals surface area contributed by atoms with Gasteiger partial charge in [0.15, 0.2) is 0 Å². The fourth-order valence-corrected chi connectivity index (χ4v) is 6.69. The molecular formula is C42H82NO7P. The predicted molar refractivity (Wildman–Crippen MR) is 215 cm³/mol. The molecule has 0 aliphatic rings. The van der Waals surface area contributed by atoms with Gasteiger partial charge in [-0.15, -0.1) is 0 Å². The second kappa shape index (κ2) is 40.2. The molecule has 8 nitrogen and oxygen atoms in total. The molecule has 2 unspecified atom stereocenters. The average Bonchev–Trinajstić information content (AvgIpc) is 3.12. The first-order valence-electron chi connectivity index (χ1n) is 21.3. The predicted octanol–water partition coefficient (Wildman–Crippen LogP) is 12.5. The van der Waals surface area contributed by atoms with E-state index >= 15 is 0 Å². The van der Waals surface area contributed by atoms with Gasteiger partial charge < -0.3 is 20.1 Å². The smallest absolute Gasteiger partial charge is 0.457 e. The molecule has 0 heterocycles. The molecule has 2 atom stereocenters. The fourth-order valence-electron chi connectivity index (χ4n) is 5.93. The molecule has 0 bridgehead atoms. The van der Waals surface area contributed by atoms with E-state index in [1.165, 1.54) is 148 Å². The lowest BCUT2D eigenvalue weighted by atomic mass is 10.1. The van der Waals surface area contributed by atoms with Crippen LogP contribution in [0.5, 0.6) is 0 Å². The first kappa shape index (κ1) is 50.0. The molecule has 3 N–H and O–H groups in total. The summed E-state index contributed by atoms with van der Waals surface area (Å²) in [5, 5.41) is 0. The molecule has 0 saturated heterocycles. The Morgan fingerprint density at radius 1 is 0.569 bits per heavy atom. The van der Waals surface area contributed by atoms with Crippen LogP contribution in [-0.4, -0.2) is 49.9 Å². The molecule has 0 aromatic heterocycles. The monoisotopic (exact) mass is 744 g/mol. The van der Waals surface area contributed by atoms with Gasteiger partial charge in [0.2, 0.25) is 0 Å². The van der Waals surface area contributed by atoms with Gasteiger partial charge in [0, 0.05) is 19.6 Å². The van der Waals surface area contributed by atoms with Crippen molar-refractivity contribution in [2.75, 3.05) is 33.0 Å². The summed E-state index contributed by atoms with van der Waals surface area (Å²) < 4.78 is 33.4. The lowest BCUT2D eigenvalue weighted by Gasteiger charge is -2.20. The van der Waals surface area contributed by atoms with E-state index in [9.17, 15) is 14.3 Å². The lowest BCUT2D eigenvalue weighted by Crippen LogP contribution is -2.28. The maximum Gasteiger partial charge on any atom is 0.472 e. The van der Waals surface area contributed by atoms with Crippen LogP contribution < -0.4 is 5.73 Å². The molecular weight excluding hydrogens is 661 g/mol. The van der Waals surface area contributed by atoms with E-state index in [1.54, 1.807) is 0 Å². The molecule has 0 aliphatic heterocycles. The van der Waals surface area contributed by atoms with Gasteiger partial charge in [-0.3, -0.25) is 13.8 Å². The molecule has 9 heteroatoms. The Labute approximate surface area is 315 Å². The summed E-state index contributed by atoms with van der Waals surface area (Å²) in [6.45, 7) is 4.90. The van der Waals surface area contributed by atoms with E-state index in [1.807, 2.05) is 0 Å². The van der Waals surface area contributed by atoms with Gasteiger partial charge in [0.25, 0.3) is 0 Å². The lowest BCUT2D eigenvalue weighted by molar-refractivity contribution is -0.154. The molecule has 302 valence electrons. The van der Waals surface area contributed by atoms with Crippen molar-refractivity contribution in [1.82, 2.24) is 0 Å². The molecule has 0 aromatic carbocycles. The third-order valence-corrected chi connectivity index (χ3v) is 10.1. The summed E-state index contributed by atoms with van der Waals surface area (Å²) in [6, 6.07) is 0. The third kappa shape index (κ3) is 40.0. The molecule has 0 spiro atoms.